The number of Topliss-reactive ketones (excluding diaryl/α,β-unsaturated/α-hetero) is 1. The molecule has 4 heteroatoms. The molecule has 1 aromatic carbocycles. The molecule has 0 aromatic heterocycles. The Labute approximate surface area is 100 Å². The molecule has 0 heterocycles. The fourth-order valence-corrected chi connectivity index (χ4v) is 1.60. The van der Waals surface area contributed by atoms with Crippen LogP contribution in [0.4, 0.5) is 8.78 Å². The average Bonchev–Trinajstić information content (AvgIpc) is 2.22. The number of ketones is 1. The third kappa shape index (κ3) is 3.60. The second-order valence-electron chi connectivity index (χ2n) is 4.49. The molecular weight excluding hydrogens is 224 g/mol. The van der Waals surface area contributed by atoms with Crippen molar-refractivity contribution in [2.75, 3.05) is 6.54 Å². The van der Waals surface area contributed by atoms with E-state index >= 15 is 0 Å². The third-order valence-electron chi connectivity index (χ3n) is 2.68. The molecule has 1 aromatic rings. The van der Waals surface area contributed by atoms with Crippen molar-refractivity contribution in [3.63, 3.8) is 0 Å². The second-order valence-corrected chi connectivity index (χ2v) is 4.49. The molecule has 0 aliphatic carbocycles. The van der Waals surface area contributed by atoms with Gasteiger partial charge in [-0.1, -0.05) is 13.0 Å². The van der Waals surface area contributed by atoms with Gasteiger partial charge in [0.15, 0.2) is 5.78 Å². The van der Waals surface area contributed by atoms with E-state index in [0.717, 1.165) is 12.1 Å². The standard InChI is InChI=1S/C13H17F2NO/c1-4-16-13(2,3)12(17)7-9-5-6-10(14)8-11(9)15/h5-6,8,16H,4,7H2,1-3H3. The first kappa shape index (κ1) is 13.8. The van der Waals surface area contributed by atoms with Crippen LogP contribution in [-0.2, 0) is 11.2 Å². The number of benzene rings is 1. The van der Waals surface area contributed by atoms with Gasteiger partial charge in [-0.25, -0.2) is 8.78 Å². The summed E-state index contributed by atoms with van der Waals surface area (Å²) in [6, 6.07) is 3.26. The Morgan fingerprint density at radius 3 is 2.53 bits per heavy atom. The maximum Gasteiger partial charge on any atom is 0.156 e. The lowest BCUT2D eigenvalue weighted by Gasteiger charge is -2.24. The van der Waals surface area contributed by atoms with E-state index in [2.05, 4.69) is 5.32 Å². The van der Waals surface area contributed by atoms with Crippen LogP contribution >= 0.6 is 0 Å². The summed E-state index contributed by atoms with van der Waals surface area (Å²) in [6.45, 7) is 6.05. The summed E-state index contributed by atoms with van der Waals surface area (Å²) < 4.78 is 26.1. The largest absolute Gasteiger partial charge is 0.306 e. The minimum atomic E-state index is -0.699. The summed E-state index contributed by atoms with van der Waals surface area (Å²) in [6.07, 6.45) is -0.0356. The number of halogens is 2. The van der Waals surface area contributed by atoms with Crippen LogP contribution in [0.3, 0.4) is 0 Å². The summed E-state index contributed by atoms with van der Waals surface area (Å²) in [7, 11) is 0. The predicted molar refractivity (Wildman–Crippen MR) is 62.8 cm³/mol. The molecular formula is C13H17F2NO. The number of likely N-dealkylation sites (N-methyl/N-ethyl adjacent to an activating group) is 1. The molecule has 17 heavy (non-hydrogen) atoms. The molecule has 0 aliphatic heterocycles. The number of hydrogen-bond donors (Lipinski definition) is 1. The van der Waals surface area contributed by atoms with E-state index in [-0.39, 0.29) is 17.8 Å². The van der Waals surface area contributed by atoms with E-state index in [9.17, 15) is 13.6 Å². The average molecular weight is 241 g/mol. The van der Waals surface area contributed by atoms with Crippen molar-refractivity contribution in [2.24, 2.45) is 0 Å². The van der Waals surface area contributed by atoms with Crippen molar-refractivity contribution >= 4 is 5.78 Å². The van der Waals surface area contributed by atoms with Gasteiger partial charge in [0.1, 0.15) is 11.6 Å². The highest BCUT2D eigenvalue weighted by Gasteiger charge is 2.26. The number of hydrogen-bond acceptors (Lipinski definition) is 2. The maximum absolute atomic E-state index is 13.4. The quantitative estimate of drug-likeness (QED) is 0.858. The molecule has 0 bridgehead atoms. The van der Waals surface area contributed by atoms with E-state index in [1.165, 1.54) is 6.07 Å². The molecule has 0 fully saturated rings. The molecule has 0 spiro atoms. The molecule has 0 atom stereocenters. The van der Waals surface area contributed by atoms with Gasteiger partial charge in [0.05, 0.1) is 5.54 Å². The Kier molecular flexibility index (Phi) is 4.34. The van der Waals surface area contributed by atoms with Gasteiger partial charge in [-0.05, 0) is 32.0 Å². The van der Waals surface area contributed by atoms with Gasteiger partial charge >= 0.3 is 0 Å². The highest BCUT2D eigenvalue weighted by atomic mass is 19.1. The van der Waals surface area contributed by atoms with Crippen LogP contribution in [0.25, 0.3) is 0 Å². The van der Waals surface area contributed by atoms with Crippen molar-refractivity contribution in [1.29, 1.82) is 0 Å². The van der Waals surface area contributed by atoms with E-state index in [1.807, 2.05) is 6.92 Å². The van der Waals surface area contributed by atoms with Gasteiger partial charge < -0.3 is 5.32 Å². The number of nitrogens with one attached hydrogen (secondary N) is 1. The van der Waals surface area contributed by atoms with E-state index in [4.69, 9.17) is 0 Å². The molecule has 1 rings (SSSR count). The molecule has 0 saturated heterocycles. The minimum absolute atomic E-state index is 0.0356. The van der Waals surface area contributed by atoms with Crippen molar-refractivity contribution in [1.82, 2.24) is 5.32 Å². The fraction of sp³-hybridized carbons (Fsp3) is 0.462. The van der Waals surface area contributed by atoms with Crippen LogP contribution in [-0.4, -0.2) is 17.9 Å². The van der Waals surface area contributed by atoms with Gasteiger partial charge in [0, 0.05) is 12.5 Å². The molecule has 2 nitrogen and oxygen atoms in total. The number of rotatable bonds is 5. The summed E-state index contributed by atoms with van der Waals surface area (Å²) in [5.41, 5.74) is -0.474. The normalized spacial score (nSPS) is 11.6. The van der Waals surface area contributed by atoms with Crippen LogP contribution < -0.4 is 5.32 Å². The highest BCUT2D eigenvalue weighted by molar-refractivity contribution is 5.89. The number of carbonyl (C=O) groups is 1. The molecule has 0 radical (unpaired) electrons. The lowest BCUT2D eigenvalue weighted by atomic mass is 9.93. The minimum Gasteiger partial charge on any atom is -0.306 e. The van der Waals surface area contributed by atoms with Crippen molar-refractivity contribution in [2.45, 2.75) is 32.7 Å². The summed E-state index contributed by atoms with van der Waals surface area (Å²) in [5, 5.41) is 3.03. The molecule has 94 valence electrons. The van der Waals surface area contributed by atoms with Crippen LogP contribution in [0.5, 0.6) is 0 Å². The van der Waals surface area contributed by atoms with Gasteiger partial charge in [-0.3, -0.25) is 4.79 Å². The molecule has 0 unspecified atom stereocenters. The first-order valence-corrected chi connectivity index (χ1v) is 5.59. The van der Waals surface area contributed by atoms with Crippen LogP contribution in [0.2, 0.25) is 0 Å². The summed E-state index contributed by atoms with van der Waals surface area (Å²) in [4.78, 5) is 11.9. The second kappa shape index (κ2) is 5.36. The first-order chi connectivity index (χ1) is 7.86. The Morgan fingerprint density at radius 1 is 1.35 bits per heavy atom. The molecule has 0 saturated carbocycles. The number of carbonyl (C=O) groups excluding carboxylic acids is 1. The van der Waals surface area contributed by atoms with Gasteiger partial charge in [0.25, 0.3) is 0 Å². The van der Waals surface area contributed by atoms with Crippen LogP contribution in [0.15, 0.2) is 18.2 Å². The highest BCUT2D eigenvalue weighted by Crippen LogP contribution is 2.14. The monoisotopic (exact) mass is 241 g/mol. The van der Waals surface area contributed by atoms with Crippen LogP contribution in [0.1, 0.15) is 26.3 Å². The Bertz CT molecular complexity index is 416. The Balaban J connectivity index is 2.81. The zero-order valence-corrected chi connectivity index (χ0v) is 10.3. The summed E-state index contributed by atoms with van der Waals surface area (Å²) in [5.74, 6) is -1.43. The SMILES string of the molecule is CCNC(C)(C)C(=O)Cc1ccc(F)cc1F. The van der Waals surface area contributed by atoms with Crippen LogP contribution in [0, 0.1) is 11.6 Å². The topological polar surface area (TPSA) is 29.1 Å². The fourth-order valence-electron chi connectivity index (χ4n) is 1.60. The Hall–Kier alpha value is -1.29. The molecule has 1 N–H and O–H groups in total. The van der Waals surface area contributed by atoms with E-state index < -0.39 is 17.2 Å². The maximum atomic E-state index is 13.4. The Morgan fingerprint density at radius 2 is 2.00 bits per heavy atom. The van der Waals surface area contributed by atoms with E-state index in [0.29, 0.717) is 6.54 Å². The van der Waals surface area contributed by atoms with E-state index in [1.54, 1.807) is 13.8 Å². The lowest BCUT2D eigenvalue weighted by Crippen LogP contribution is -2.47. The first-order valence-electron chi connectivity index (χ1n) is 5.59. The van der Waals surface area contributed by atoms with Crippen molar-refractivity contribution < 1.29 is 13.6 Å². The van der Waals surface area contributed by atoms with Crippen molar-refractivity contribution in [3.05, 3.63) is 35.4 Å². The summed E-state index contributed by atoms with van der Waals surface area (Å²) >= 11 is 0. The lowest BCUT2D eigenvalue weighted by molar-refractivity contribution is -0.123. The molecule has 0 amide bonds. The van der Waals surface area contributed by atoms with Gasteiger partial charge in [0.2, 0.25) is 0 Å². The van der Waals surface area contributed by atoms with Gasteiger partial charge in [-0.15, -0.1) is 0 Å². The zero-order valence-electron chi connectivity index (χ0n) is 10.3. The third-order valence-corrected chi connectivity index (χ3v) is 2.68. The predicted octanol–water partition coefficient (Wildman–Crippen LogP) is 2.46. The smallest absolute Gasteiger partial charge is 0.156 e. The zero-order chi connectivity index (χ0) is 13.1. The van der Waals surface area contributed by atoms with Crippen molar-refractivity contribution in [3.8, 4) is 0 Å². The van der Waals surface area contributed by atoms with Gasteiger partial charge in [-0.2, -0.15) is 0 Å². The molecule has 0 aliphatic rings.